The Morgan fingerprint density at radius 3 is 2.42 bits per heavy atom. The minimum atomic E-state index is -0.447. The molecular formula is C31H28FN5O. The zero-order valence-electron chi connectivity index (χ0n) is 21.3. The van der Waals surface area contributed by atoms with Gasteiger partial charge < -0.3 is 14.8 Å². The van der Waals surface area contributed by atoms with Gasteiger partial charge in [-0.15, -0.1) is 0 Å². The van der Waals surface area contributed by atoms with Crippen LogP contribution in [0, 0.1) is 12.7 Å². The van der Waals surface area contributed by atoms with Crippen molar-refractivity contribution in [2.24, 2.45) is 0 Å². The number of hydrogen-bond acceptors (Lipinski definition) is 2. The van der Waals surface area contributed by atoms with Gasteiger partial charge in [-0.1, -0.05) is 55.0 Å². The number of aromatic nitrogens is 3. The second-order valence-electron chi connectivity index (χ2n) is 9.53. The standard InChI is InChI=1S/C31H28FN5O/c1-3-27-26-20-36(31(38)33-24-17-11-21(2)12-18-24)29(22-13-15-23(32)16-14-22)28-10-7-19-35(28)30(26)37(34-27)25-8-5-4-6-9-25/h4-19,29H,3,20H2,1-2H3,(H,33,38). The van der Waals surface area contributed by atoms with Crippen molar-refractivity contribution in [2.75, 3.05) is 5.32 Å². The van der Waals surface area contributed by atoms with E-state index >= 15 is 0 Å². The number of para-hydroxylation sites is 1. The largest absolute Gasteiger partial charge is 0.322 e. The van der Waals surface area contributed by atoms with Crippen LogP contribution in [0.1, 0.15) is 41.0 Å². The zero-order valence-corrected chi connectivity index (χ0v) is 21.3. The molecule has 38 heavy (non-hydrogen) atoms. The molecule has 0 saturated heterocycles. The molecule has 1 aliphatic rings. The molecule has 3 aromatic carbocycles. The van der Waals surface area contributed by atoms with Gasteiger partial charge in [-0.25, -0.2) is 13.9 Å². The van der Waals surface area contributed by atoms with Crippen LogP contribution in [0.25, 0.3) is 11.5 Å². The number of carbonyl (C=O) groups is 1. The molecule has 1 unspecified atom stereocenters. The Morgan fingerprint density at radius 2 is 1.71 bits per heavy atom. The number of anilines is 1. The van der Waals surface area contributed by atoms with Crippen LogP contribution >= 0.6 is 0 Å². The first-order valence-corrected chi connectivity index (χ1v) is 12.8. The summed E-state index contributed by atoms with van der Waals surface area (Å²) >= 11 is 0. The Balaban J connectivity index is 1.54. The second kappa shape index (κ2) is 9.67. The van der Waals surface area contributed by atoms with Crippen LogP contribution in [0.3, 0.4) is 0 Å². The van der Waals surface area contributed by atoms with E-state index in [1.54, 1.807) is 12.1 Å². The van der Waals surface area contributed by atoms with E-state index in [1.165, 1.54) is 12.1 Å². The maximum atomic E-state index is 14.0. The van der Waals surface area contributed by atoms with Crippen molar-refractivity contribution in [3.63, 3.8) is 0 Å². The Hall–Kier alpha value is -4.65. The number of halogens is 1. The molecule has 0 fully saturated rings. The van der Waals surface area contributed by atoms with Crippen molar-refractivity contribution < 1.29 is 9.18 Å². The quantitative estimate of drug-likeness (QED) is 0.292. The van der Waals surface area contributed by atoms with Gasteiger partial charge in [-0.3, -0.25) is 0 Å². The minimum absolute atomic E-state index is 0.238. The maximum absolute atomic E-state index is 14.0. The van der Waals surface area contributed by atoms with Crippen molar-refractivity contribution in [3.05, 3.63) is 131 Å². The summed E-state index contributed by atoms with van der Waals surface area (Å²) in [6.45, 7) is 4.43. The summed E-state index contributed by atoms with van der Waals surface area (Å²) in [7, 11) is 0. The van der Waals surface area contributed by atoms with E-state index in [9.17, 15) is 9.18 Å². The van der Waals surface area contributed by atoms with Crippen molar-refractivity contribution in [3.8, 4) is 11.5 Å². The molecule has 0 bridgehead atoms. The highest BCUT2D eigenvalue weighted by molar-refractivity contribution is 5.90. The van der Waals surface area contributed by atoms with Crippen LogP contribution in [-0.2, 0) is 13.0 Å². The van der Waals surface area contributed by atoms with Gasteiger partial charge in [-0.05, 0) is 67.4 Å². The summed E-state index contributed by atoms with van der Waals surface area (Å²) in [5.74, 6) is 0.593. The number of rotatable bonds is 4. The molecule has 0 spiro atoms. The number of hydrogen-bond donors (Lipinski definition) is 1. The summed E-state index contributed by atoms with van der Waals surface area (Å²) in [4.78, 5) is 15.8. The maximum Gasteiger partial charge on any atom is 0.322 e. The van der Waals surface area contributed by atoms with Crippen molar-refractivity contribution in [1.82, 2.24) is 19.2 Å². The number of nitrogens with zero attached hydrogens (tertiary/aromatic N) is 4. The van der Waals surface area contributed by atoms with Gasteiger partial charge in [0, 0.05) is 17.4 Å². The van der Waals surface area contributed by atoms with Gasteiger partial charge in [0.15, 0.2) is 0 Å². The van der Waals surface area contributed by atoms with Crippen molar-refractivity contribution >= 4 is 11.7 Å². The fourth-order valence-electron chi connectivity index (χ4n) is 5.18. The number of benzene rings is 3. The molecule has 2 amide bonds. The fraction of sp³-hybridized carbons (Fsp3) is 0.161. The molecule has 6 nitrogen and oxygen atoms in total. The Bertz CT molecular complexity index is 1590. The third-order valence-electron chi connectivity index (χ3n) is 7.05. The summed E-state index contributed by atoms with van der Waals surface area (Å²) in [6, 6.07) is 27.5. The van der Waals surface area contributed by atoms with Crippen LogP contribution in [-0.4, -0.2) is 25.3 Å². The molecule has 0 saturated carbocycles. The smallest absolute Gasteiger partial charge is 0.308 e. The highest BCUT2D eigenvalue weighted by atomic mass is 19.1. The zero-order chi connectivity index (χ0) is 26.2. The number of urea groups is 1. The van der Waals surface area contributed by atoms with Gasteiger partial charge in [0.1, 0.15) is 11.6 Å². The lowest BCUT2D eigenvalue weighted by Crippen LogP contribution is -2.38. The van der Waals surface area contributed by atoms with Crippen molar-refractivity contribution in [2.45, 2.75) is 32.9 Å². The van der Waals surface area contributed by atoms with Crippen LogP contribution < -0.4 is 5.32 Å². The lowest BCUT2D eigenvalue weighted by molar-refractivity contribution is 0.194. The molecule has 1 aliphatic heterocycles. The molecule has 6 rings (SSSR count). The predicted molar refractivity (Wildman–Crippen MR) is 146 cm³/mol. The van der Waals surface area contributed by atoms with E-state index in [4.69, 9.17) is 5.10 Å². The molecule has 1 N–H and O–H groups in total. The number of fused-ring (bicyclic) bond motifs is 3. The lowest BCUT2D eigenvalue weighted by Gasteiger charge is -2.31. The van der Waals surface area contributed by atoms with Crippen LogP contribution in [0.4, 0.5) is 14.9 Å². The van der Waals surface area contributed by atoms with Gasteiger partial charge in [0.2, 0.25) is 0 Å². The summed E-state index contributed by atoms with van der Waals surface area (Å²) in [5.41, 5.74) is 6.41. The van der Waals surface area contributed by atoms with Crippen LogP contribution in [0.15, 0.2) is 97.2 Å². The van der Waals surface area contributed by atoms with Gasteiger partial charge in [0.05, 0.1) is 29.7 Å². The van der Waals surface area contributed by atoms with Crippen LogP contribution in [0.2, 0.25) is 0 Å². The number of amides is 2. The molecule has 3 heterocycles. The van der Waals surface area contributed by atoms with Gasteiger partial charge >= 0.3 is 6.03 Å². The summed E-state index contributed by atoms with van der Waals surface area (Å²) < 4.78 is 18.0. The topological polar surface area (TPSA) is 55.1 Å². The minimum Gasteiger partial charge on any atom is -0.308 e. The summed E-state index contributed by atoms with van der Waals surface area (Å²) in [6.07, 6.45) is 2.72. The molecule has 2 aromatic heterocycles. The normalized spacial score (nSPS) is 14.5. The lowest BCUT2D eigenvalue weighted by atomic mass is 10.0. The first-order valence-electron chi connectivity index (χ1n) is 12.8. The Labute approximate surface area is 221 Å². The summed E-state index contributed by atoms with van der Waals surface area (Å²) in [5, 5.41) is 8.07. The molecule has 7 heteroatoms. The highest BCUT2D eigenvalue weighted by Gasteiger charge is 2.36. The molecule has 0 aliphatic carbocycles. The molecule has 1 atom stereocenters. The number of carbonyl (C=O) groups excluding carboxylic acids is 1. The monoisotopic (exact) mass is 505 g/mol. The molecule has 190 valence electrons. The van der Waals surface area contributed by atoms with E-state index in [0.29, 0.717) is 18.7 Å². The molecular weight excluding hydrogens is 477 g/mol. The van der Waals surface area contributed by atoms with Gasteiger partial charge in [0.25, 0.3) is 0 Å². The third kappa shape index (κ3) is 4.16. The first-order chi connectivity index (χ1) is 18.5. The Kier molecular flexibility index (Phi) is 6.04. The van der Waals surface area contributed by atoms with E-state index in [1.807, 2.05) is 89.4 Å². The fourth-order valence-corrected chi connectivity index (χ4v) is 5.18. The number of aryl methyl sites for hydroxylation is 2. The van der Waals surface area contributed by atoms with E-state index in [-0.39, 0.29) is 11.8 Å². The van der Waals surface area contributed by atoms with E-state index < -0.39 is 6.04 Å². The predicted octanol–water partition coefficient (Wildman–Crippen LogP) is 6.81. The van der Waals surface area contributed by atoms with E-state index in [2.05, 4.69) is 16.8 Å². The molecule has 5 aromatic rings. The average molecular weight is 506 g/mol. The van der Waals surface area contributed by atoms with E-state index in [0.717, 1.165) is 39.6 Å². The second-order valence-corrected chi connectivity index (χ2v) is 9.53. The highest BCUT2D eigenvalue weighted by Crippen LogP contribution is 2.39. The van der Waals surface area contributed by atoms with Crippen molar-refractivity contribution in [1.29, 1.82) is 0 Å². The first kappa shape index (κ1) is 23.7. The SMILES string of the molecule is CCc1nn(-c2ccccc2)c2c1CN(C(=O)Nc1ccc(C)cc1)C(c1ccc(F)cc1)c1cccn1-2. The van der Waals surface area contributed by atoms with Crippen LogP contribution in [0.5, 0.6) is 0 Å². The van der Waals surface area contributed by atoms with Gasteiger partial charge in [-0.2, -0.15) is 5.10 Å². The Morgan fingerprint density at radius 1 is 0.974 bits per heavy atom. The third-order valence-corrected chi connectivity index (χ3v) is 7.05. The number of nitrogens with one attached hydrogen (secondary N) is 1. The molecule has 0 radical (unpaired) electrons. The average Bonchev–Trinajstić information content (AvgIpc) is 3.52.